The predicted molar refractivity (Wildman–Crippen MR) is 116 cm³/mol. The second-order valence-electron chi connectivity index (χ2n) is 6.63. The van der Waals surface area contributed by atoms with Crippen molar-refractivity contribution < 1.29 is 22.7 Å². The first-order valence-corrected chi connectivity index (χ1v) is 11.3. The molecule has 0 saturated carbocycles. The molecular weight excluding hydrogens is 428 g/mol. The number of hydrogen-bond acceptors (Lipinski definition) is 5. The number of aryl methyl sites for hydroxylation is 1. The third kappa shape index (κ3) is 5.59. The van der Waals surface area contributed by atoms with Gasteiger partial charge in [-0.2, -0.15) is 4.31 Å². The number of hydrogen-bond donors (Lipinski definition) is 1. The zero-order valence-corrected chi connectivity index (χ0v) is 18.9. The molecule has 2 aromatic carbocycles. The Hall–Kier alpha value is -2.42. The van der Waals surface area contributed by atoms with Gasteiger partial charge in [-0.25, -0.2) is 13.2 Å². The second-order valence-corrected chi connectivity index (χ2v) is 8.98. The summed E-state index contributed by atoms with van der Waals surface area (Å²) in [5.74, 6) is -1.40. The molecule has 1 atom stereocenters. The standard InChI is InChI=1S/C21H25ClN2O5S/c1-5-24(6-2)30(27,28)17-11-12-19(22)18(13-17)21(26)29-15(4)20(25)23-16-9-7-14(3)8-10-16/h7-13,15H,5-6H2,1-4H3,(H,23,25)/t15-/m1/s1. The smallest absolute Gasteiger partial charge is 0.340 e. The van der Waals surface area contributed by atoms with E-state index in [1.54, 1.807) is 26.0 Å². The molecule has 0 fully saturated rings. The molecule has 0 aliphatic rings. The van der Waals surface area contributed by atoms with E-state index in [4.69, 9.17) is 16.3 Å². The van der Waals surface area contributed by atoms with Gasteiger partial charge in [0, 0.05) is 18.8 Å². The lowest BCUT2D eigenvalue weighted by Gasteiger charge is -2.19. The van der Waals surface area contributed by atoms with Gasteiger partial charge >= 0.3 is 5.97 Å². The van der Waals surface area contributed by atoms with E-state index in [1.807, 2.05) is 19.1 Å². The zero-order chi connectivity index (χ0) is 22.5. The van der Waals surface area contributed by atoms with Gasteiger partial charge in [0.2, 0.25) is 10.0 Å². The van der Waals surface area contributed by atoms with E-state index in [2.05, 4.69) is 5.32 Å². The van der Waals surface area contributed by atoms with E-state index in [1.165, 1.54) is 29.4 Å². The lowest BCUT2D eigenvalue weighted by Crippen LogP contribution is -2.31. The van der Waals surface area contributed by atoms with Gasteiger partial charge in [0.1, 0.15) is 0 Å². The molecule has 0 heterocycles. The zero-order valence-electron chi connectivity index (χ0n) is 17.3. The number of benzene rings is 2. The first-order valence-electron chi connectivity index (χ1n) is 9.48. The van der Waals surface area contributed by atoms with Gasteiger partial charge in [-0.05, 0) is 44.2 Å². The molecule has 2 rings (SSSR count). The molecule has 0 spiro atoms. The van der Waals surface area contributed by atoms with Crippen LogP contribution in [-0.2, 0) is 19.6 Å². The minimum absolute atomic E-state index is 0.0321. The Morgan fingerprint density at radius 1 is 1.10 bits per heavy atom. The highest BCUT2D eigenvalue weighted by atomic mass is 35.5. The molecule has 0 aromatic heterocycles. The van der Waals surface area contributed by atoms with Crippen molar-refractivity contribution in [1.82, 2.24) is 4.31 Å². The minimum Gasteiger partial charge on any atom is -0.449 e. The average molecular weight is 453 g/mol. The molecule has 30 heavy (non-hydrogen) atoms. The van der Waals surface area contributed by atoms with Crippen LogP contribution in [-0.4, -0.2) is 43.8 Å². The summed E-state index contributed by atoms with van der Waals surface area (Å²) in [6.45, 7) is 7.37. The Labute approximate surface area is 182 Å². The highest BCUT2D eigenvalue weighted by Gasteiger charge is 2.26. The van der Waals surface area contributed by atoms with Crippen LogP contribution in [0.2, 0.25) is 5.02 Å². The van der Waals surface area contributed by atoms with Crippen LogP contribution in [0.25, 0.3) is 0 Å². The van der Waals surface area contributed by atoms with Crippen molar-refractivity contribution in [2.45, 2.75) is 38.7 Å². The number of ether oxygens (including phenoxy) is 1. The number of carbonyl (C=O) groups excluding carboxylic acids is 2. The maximum Gasteiger partial charge on any atom is 0.340 e. The molecular formula is C21H25ClN2O5S. The molecule has 162 valence electrons. The van der Waals surface area contributed by atoms with E-state index in [0.29, 0.717) is 5.69 Å². The maximum atomic E-state index is 12.7. The highest BCUT2D eigenvalue weighted by Crippen LogP contribution is 2.24. The number of rotatable bonds is 8. The monoisotopic (exact) mass is 452 g/mol. The Morgan fingerprint density at radius 2 is 1.70 bits per heavy atom. The third-order valence-electron chi connectivity index (χ3n) is 4.47. The van der Waals surface area contributed by atoms with Crippen LogP contribution in [0.3, 0.4) is 0 Å². The van der Waals surface area contributed by atoms with Gasteiger partial charge < -0.3 is 10.1 Å². The molecule has 1 N–H and O–H groups in total. The van der Waals surface area contributed by atoms with Crippen molar-refractivity contribution in [2.75, 3.05) is 18.4 Å². The lowest BCUT2D eigenvalue weighted by atomic mass is 10.2. The highest BCUT2D eigenvalue weighted by molar-refractivity contribution is 7.89. The molecule has 0 aliphatic heterocycles. The number of sulfonamides is 1. The fourth-order valence-corrected chi connectivity index (χ4v) is 4.37. The van der Waals surface area contributed by atoms with Crippen LogP contribution in [0.15, 0.2) is 47.4 Å². The molecule has 1 amide bonds. The molecule has 0 aliphatic carbocycles. The summed E-state index contributed by atoms with van der Waals surface area (Å²) >= 11 is 6.09. The van der Waals surface area contributed by atoms with E-state index >= 15 is 0 Å². The Balaban J connectivity index is 2.18. The average Bonchev–Trinajstić information content (AvgIpc) is 2.70. The molecule has 0 radical (unpaired) electrons. The number of amides is 1. The van der Waals surface area contributed by atoms with Gasteiger partial charge in [0.05, 0.1) is 15.5 Å². The van der Waals surface area contributed by atoms with Crippen LogP contribution in [0.5, 0.6) is 0 Å². The first-order chi connectivity index (χ1) is 14.1. The number of nitrogens with one attached hydrogen (secondary N) is 1. The van der Waals surface area contributed by atoms with E-state index < -0.39 is 28.0 Å². The quantitative estimate of drug-likeness (QED) is 0.614. The summed E-state index contributed by atoms with van der Waals surface area (Å²) in [7, 11) is -3.78. The van der Waals surface area contributed by atoms with Crippen LogP contribution in [0.1, 0.15) is 36.7 Å². The van der Waals surface area contributed by atoms with Crippen LogP contribution in [0, 0.1) is 6.92 Å². The summed E-state index contributed by atoms with van der Waals surface area (Å²) in [5.41, 5.74) is 1.49. The largest absolute Gasteiger partial charge is 0.449 e. The van der Waals surface area contributed by atoms with Crippen molar-refractivity contribution >= 4 is 39.2 Å². The van der Waals surface area contributed by atoms with Crippen molar-refractivity contribution in [3.63, 3.8) is 0 Å². The second kappa shape index (κ2) is 10.1. The predicted octanol–water partition coefficient (Wildman–Crippen LogP) is 3.86. The van der Waals surface area contributed by atoms with Gasteiger partial charge in [-0.1, -0.05) is 43.1 Å². The van der Waals surface area contributed by atoms with E-state index in [0.717, 1.165) is 5.56 Å². The van der Waals surface area contributed by atoms with Crippen LogP contribution < -0.4 is 5.32 Å². The number of anilines is 1. The first kappa shape index (κ1) is 23.9. The van der Waals surface area contributed by atoms with Crippen molar-refractivity contribution in [2.24, 2.45) is 0 Å². The summed E-state index contributed by atoms with van der Waals surface area (Å²) in [5, 5.41) is 2.69. The van der Waals surface area contributed by atoms with E-state index in [-0.39, 0.29) is 28.6 Å². The SMILES string of the molecule is CCN(CC)S(=O)(=O)c1ccc(Cl)c(C(=O)O[C@H](C)C(=O)Nc2ccc(C)cc2)c1. The minimum atomic E-state index is -3.78. The third-order valence-corrected chi connectivity index (χ3v) is 6.85. The molecule has 9 heteroatoms. The molecule has 0 bridgehead atoms. The van der Waals surface area contributed by atoms with E-state index in [9.17, 15) is 18.0 Å². The Bertz CT molecular complexity index is 1020. The number of nitrogens with zero attached hydrogens (tertiary/aromatic N) is 1. The molecule has 0 saturated heterocycles. The number of halogens is 1. The maximum absolute atomic E-state index is 12.7. The Kier molecular flexibility index (Phi) is 8.00. The van der Waals surface area contributed by atoms with Gasteiger partial charge in [0.15, 0.2) is 6.10 Å². The topological polar surface area (TPSA) is 92.8 Å². The number of carbonyl (C=O) groups is 2. The normalized spacial score (nSPS) is 12.5. The Morgan fingerprint density at radius 3 is 2.27 bits per heavy atom. The van der Waals surface area contributed by atoms with Gasteiger partial charge in [-0.15, -0.1) is 0 Å². The van der Waals surface area contributed by atoms with Crippen molar-refractivity contribution in [3.05, 3.63) is 58.6 Å². The number of esters is 1. The lowest BCUT2D eigenvalue weighted by molar-refractivity contribution is -0.123. The van der Waals surface area contributed by atoms with Crippen LogP contribution in [0.4, 0.5) is 5.69 Å². The van der Waals surface area contributed by atoms with Crippen molar-refractivity contribution in [3.8, 4) is 0 Å². The molecule has 7 nitrogen and oxygen atoms in total. The molecule has 0 unspecified atom stereocenters. The summed E-state index contributed by atoms with van der Waals surface area (Å²) in [6, 6.07) is 11.0. The summed E-state index contributed by atoms with van der Waals surface area (Å²) in [4.78, 5) is 24.8. The van der Waals surface area contributed by atoms with Crippen LogP contribution >= 0.6 is 11.6 Å². The molecule has 2 aromatic rings. The fraction of sp³-hybridized carbons (Fsp3) is 0.333. The van der Waals surface area contributed by atoms with Crippen molar-refractivity contribution in [1.29, 1.82) is 0 Å². The van der Waals surface area contributed by atoms with Gasteiger partial charge in [0.25, 0.3) is 5.91 Å². The van der Waals surface area contributed by atoms with Gasteiger partial charge in [-0.3, -0.25) is 4.79 Å². The summed E-state index contributed by atoms with van der Waals surface area (Å²) < 4.78 is 31.9. The fourth-order valence-electron chi connectivity index (χ4n) is 2.69. The summed E-state index contributed by atoms with van der Waals surface area (Å²) in [6.07, 6.45) is -1.11.